The van der Waals surface area contributed by atoms with Gasteiger partial charge in [-0.3, -0.25) is 4.79 Å². The van der Waals surface area contributed by atoms with Crippen molar-refractivity contribution in [1.29, 1.82) is 0 Å². The van der Waals surface area contributed by atoms with Crippen LogP contribution in [0.25, 0.3) is 0 Å². The fraction of sp³-hybridized carbons (Fsp3) is 0.333. The fourth-order valence-corrected chi connectivity index (χ4v) is 2.48. The standard InChI is InChI=1S/C15H17N3O/c1-18-7-6-17-15(18)5-4-14(19)11-2-3-12-9-16-10-13(12)8-11/h2-3,6-8,16H,4-5,9-10H2,1H3. The molecule has 0 radical (unpaired) electrons. The van der Waals surface area contributed by atoms with Crippen molar-refractivity contribution in [1.82, 2.24) is 14.9 Å². The molecule has 0 amide bonds. The summed E-state index contributed by atoms with van der Waals surface area (Å²) in [5, 5.41) is 3.29. The average Bonchev–Trinajstić information content (AvgIpc) is 3.03. The van der Waals surface area contributed by atoms with Gasteiger partial charge in [0.15, 0.2) is 5.78 Å². The summed E-state index contributed by atoms with van der Waals surface area (Å²) in [4.78, 5) is 16.4. The maximum Gasteiger partial charge on any atom is 0.163 e. The Morgan fingerprint density at radius 2 is 2.21 bits per heavy atom. The van der Waals surface area contributed by atoms with Crippen molar-refractivity contribution in [2.24, 2.45) is 7.05 Å². The van der Waals surface area contributed by atoms with E-state index < -0.39 is 0 Å². The third-order valence-corrected chi connectivity index (χ3v) is 3.66. The van der Waals surface area contributed by atoms with E-state index in [1.807, 2.05) is 29.9 Å². The minimum absolute atomic E-state index is 0.192. The first-order chi connectivity index (χ1) is 9.24. The molecule has 2 heterocycles. The molecule has 4 heteroatoms. The van der Waals surface area contributed by atoms with E-state index in [2.05, 4.69) is 16.4 Å². The summed E-state index contributed by atoms with van der Waals surface area (Å²) in [5.74, 6) is 1.15. The van der Waals surface area contributed by atoms with Gasteiger partial charge in [-0.1, -0.05) is 12.1 Å². The molecule has 0 unspecified atom stereocenters. The average molecular weight is 255 g/mol. The zero-order chi connectivity index (χ0) is 13.2. The minimum atomic E-state index is 0.192. The molecule has 1 N–H and O–H groups in total. The van der Waals surface area contributed by atoms with Crippen LogP contribution in [0.1, 0.15) is 33.7 Å². The van der Waals surface area contributed by atoms with Gasteiger partial charge in [0, 0.05) is 50.9 Å². The second-order valence-corrected chi connectivity index (χ2v) is 4.96. The first-order valence-electron chi connectivity index (χ1n) is 6.56. The predicted octanol–water partition coefficient (Wildman–Crippen LogP) is 1.84. The topological polar surface area (TPSA) is 46.9 Å². The Labute approximate surface area is 112 Å². The van der Waals surface area contributed by atoms with E-state index in [0.29, 0.717) is 12.8 Å². The fourth-order valence-electron chi connectivity index (χ4n) is 2.48. The Balaban J connectivity index is 1.69. The molecule has 0 saturated heterocycles. The second-order valence-electron chi connectivity index (χ2n) is 4.96. The van der Waals surface area contributed by atoms with Crippen LogP contribution in [-0.2, 0) is 26.6 Å². The molecular formula is C15H17N3O. The smallest absolute Gasteiger partial charge is 0.163 e. The van der Waals surface area contributed by atoms with Crippen LogP contribution in [0, 0.1) is 0 Å². The highest BCUT2D eigenvalue weighted by atomic mass is 16.1. The minimum Gasteiger partial charge on any atom is -0.338 e. The maximum absolute atomic E-state index is 12.2. The van der Waals surface area contributed by atoms with Crippen LogP contribution in [0.2, 0.25) is 0 Å². The monoisotopic (exact) mass is 255 g/mol. The van der Waals surface area contributed by atoms with E-state index in [0.717, 1.165) is 24.5 Å². The van der Waals surface area contributed by atoms with E-state index in [1.54, 1.807) is 6.20 Å². The third kappa shape index (κ3) is 2.44. The number of Topliss-reactive ketones (excluding diaryl/α,β-unsaturated/α-hetero) is 1. The van der Waals surface area contributed by atoms with Gasteiger partial charge in [-0.25, -0.2) is 4.98 Å². The molecule has 0 aliphatic carbocycles. The molecule has 1 aromatic carbocycles. The van der Waals surface area contributed by atoms with Crippen LogP contribution in [0.3, 0.4) is 0 Å². The van der Waals surface area contributed by atoms with Crippen molar-refractivity contribution < 1.29 is 4.79 Å². The van der Waals surface area contributed by atoms with Gasteiger partial charge in [0.25, 0.3) is 0 Å². The van der Waals surface area contributed by atoms with Gasteiger partial charge < -0.3 is 9.88 Å². The van der Waals surface area contributed by atoms with E-state index in [1.165, 1.54) is 11.1 Å². The largest absolute Gasteiger partial charge is 0.338 e. The van der Waals surface area contributed by atoms with Gasteiger partial charge in [-0.2, -0.15) is 0 Å². The Hall–Kier alpha value is -1.94. The number of fused-ring (bicyclic) bond motifs is 1. The molecule has 0 spiro atoms. The highest BCUT2D eigenvalue weighted by molar-refractivity contribution is 5.96. The molecule has 0 saturated carbocycles. The first kappa shape index (κ1) is 12.1. The summed E-state index contributed by atoms with van der Waals surface area (Å²) in [7, 11) is 1.95. The lowest BCUT2D eigenvalue weighted by Gasteiger charge is -2.04. The maximum atomic E-state index is 12.2. The summed E-state index contributed by atoms with van der Waals surface area (Å²) in [5.41, 5.74) is 3.38. The van der Waals surface area contributed by atoms with Crippen molar-refractivity contribution in [2.75, 3.05) is 0 Å². The van der Waals surface area contributed by atoms with Gasteiger partial charge in [-0.05, 0) is 17.2 Å². The van der Waals surface area contributed by atoms with E-state index in [4.69, 9.17) is 0 Å². The summed E-state index contributed by atoms with van der Waals surface area (Å²) in [6.07, 6.45) is 4.87. The van der Waals surface area contributed by atoms with Crippen LogP contribution in [0.5, 0.6) is 0 Å². The second kappa shape index (κ2) is 4.97. The molecule has 2 aromatic rings. The van der Waals surface area contributed by atoms with E-state index >= 15 is 0 Å². The van der Waals surface area contributed by atoms with Crippen molar-refractivity contribution in [3.63, 3.8) is 0 Å². The molecule has 4 nitrogen and oxygen atoms in total. The van der Waals surface area contributed by atoms with Crippen molar-refractivity contribution in [2.45, 2.75) is 25.9 Å². The van der Waals surface area contributed by atoms with Gasteiger partial charge in [0.2, 0.25) is 0 Å². The van der Waals surface area contributed by atoms with Crippen LogP contribution >= 0.6 is 0 Å². The van der Waals surface area contributed by atoms with Crippen molar-refractivity contribution in [3.8, 4) is 0 Å². The quantitative estimate of drug-likeness (QED) is 0.848. The number of nitrogens with zero attached hydrogens (tertiary/aromatic N) is 2. The molecule has 1 aromatic heterocycles. The SMILES string of the molecule is Cn1ccnc1CCC(=O)c1ccc2c(c1)CNC2. The molecule has 3 rings (SSSR count). The van der Waals surface area contributed by atoms with Gasteiger partial charge in [0.1, 0.15) is 5.82 Å². The number of benzene rings is 1. The van der Waals surface area contributed by atoms with Crippen LogP contribution in [0.15, 0.2) is 30.6 Å². The van der Waals surface area contributed by atoms with E-state index in [-0.39, 0.29) is 5.78 Å². The van der Waals surface area contributed by atoms with Crippen LogP contribution < -0.4 is 5.32 Å². The Bertz CT molecular complexity index is 616. The van der Waals surface area contributed by atoms with Gasteiger partial charge in [-0.15, -0.1) is 0 Å². The third-order valence-electron chi connectivity index (χ3n) is 3.66. The number of imidazole rings is 1. The zero-order valence-electron chi connectivity index (χ0n) is 11.0. The normalized spacial score (nSPS) is 13.5. The summed E-state index contributed by atoms with van der Waals surface area (Å²) in [6, 6.07) is 6.02. The number of aryl methyl sites for hydroxylation is 2. The molecule has 1 aliphatic heterocycles. The predicted molar refractivity (Wildman–Crippen MR) is 72.8 cm³/mol. The number of ketones is 1. The highest BCUT2D eigenvalue weighted by Crippen LogP contribution is 2.18. The van der Waals surface area contributed by atoms with Gasteiger partial charge in [0.05, 0.1) is 0 Å². The lowest BCUT2D eigenvalue weighted by molar-refractivity contribution is 0.0982. The van der Waals surface area contributed by atoms with E-state index in [9.17, 15) is 4.79 Å². The lowest BCUT2D eigenvalue weighted by Crippen LogP contribution is -2.05. The lowest BCUT2D eigenvalue weighted by atomic mass is 10.0. The Morgan fingerprint density at radius 3 is 3.00 bits per heavy atom. The molecule has 0 bridgehead atoms. The zero-order valence-corrected chi connectivity index (χ0v) is 11.0. The number of rotatable bonds is 4. The number of carbonyl (C=O) groups excluding carboxylic acids is 1. The van der Waals surface area contributed by atoms with Crippen LogP contribution in [-0.4, -0.2) is 15.3 Å². The number of carbonyl (C=O) groups is 1. The molecule has 0 atom stereocenters. The molecule has 19 heavy (non-hydrogen) atoms. The molecular weight excluding hydrogens is 238 g/mol. The summed E-state index contributed by atoms with van der Waals surface area (Å²) < 4.78 is 1.96. The Morgan fingerprint density at radius 1 is 1.37 bits per heavy atom. The van der Waals surface area contributed by atoms with Crippen LogP contribution in [0.4, 0.5) is 0 Å². The number of nitrogens with one attached hydrogen (secondary N) is 1. The number of hydrogen-bond donors (Lipinski definition) is 1. The van der Waals surface area contributed by atoms with Gasteiger partial charge >= 0.3 is 0 Å². The molecule has 98 valence electrons. The summed E-state index contributed by atoms with van der Waals surface area (Å²) in [6.45, 7) is 1.78. The van der Waals surface area contributed by atoms with Crippen molar-refractivity contribution >= 4 is 5.78 Å². The molecule has 1 aliphatic rings. The first-order valence-corrected chi connectivity index (χ1v) is 6.56. The Kier molecular flexibility index (Phi) is 3.17. The molecule has 0 fully saturated rings. The highest BCUT2D eigenvalue weighted by Gasteiger charge is 2.14. The number of aromatic nitrogens is 2. The van der Waals surface area contributed by atoms with Crippen molar-refractivity contribution in [3.05, 3.63) is 53.1 Å². The summed E-state index contributed by atoms with van der Waals surface area (Å²) >= 11 is 0. The number of hydrogen-bond acceptors (Lipinski definition) is 3.